The van der Waals surface area contributed by atoms with Crippen LogP contribution in [0.1, 0.15) is 30.8 Å². The Kier molecular flexibility index (Phi) is 3.09. The minimum absolute atomic E-state index is 0.397. The third-order valence-corrected chi connectivity index (χ3v) is 5.10. The van der Waals surface area contributed by atoms with Gasteiger partial charge in [0.1, 0.15) is 5.01 Å². The van der Waals surface area contributed by atoms with Gasteiger partial charge in [0, 0.05) is 22.2 Å². The van der Waals surface area contributed by atoms with Crippen molar-refractivity contribution in [3.63, 3.8) is 0 Å². The number of thiazole rings is 1. The zero-order valence-corrected chi connectivity index (χ0v) is 13.1. The van der Waals surface area contributed by atoms with Gasteiger partial charge in [0.05, 0.1) is 5.54 Å². The van der Waals surface area contributed by atoms with E-state index in [1.165, 1.54) is 0 Å². The second-order valence-corrected chi connectivity index (χ2v) is 6.67. The molecule has 0 radical (unpaired) electrons. The van der Waals surface area contributed by atoms with Crippen LogP contribution in [0.25, 0.3) is 22.0 Å². The largest absolute Gasteiger partial charge is 0.334 e. The van der Waals surface area contributed by atoms with Gasteiger partial charge in [-0.2, -0.15) is 4.98 Å². The minimum Gasteiger partial charge on any atom is -0.334 e. The molecule has 0 spiro atoms. The van der Waals surface area contributed by atoms with E-state index in [9.17, 15) is 0 Å². The molecule has 1 fully saturated rings. The van der Waals surface area contributed by atoms with E-state index in [1.807, 2.05) is 36.6 Å². The monoisotopic (exact) mass is 312 g/mol. The quantitative estimate of drug-likeness (QED) is 0.800. The SMILES string of the molecule is Cc1csc(-c2cccc(-c3nc(C4(N)CCC4)no3)c2)n1. The van der Waals surface area contributed by atoms with E-state index in [1.54, 1.807) is 11.3 Å². The lowest BCUT2D eigenvalue weighted by Crippen LogP contribution is -2.44. The van der Waals surface area contributed by atoms with Crippen molar-refractivity contribution in [1.29, 1.82) is 0 Å². The van der Waals surface area contributed by atoms with Gasteiger partial charge in [-0.15, -0.1) is 11.3 Å². The van der Waals surface area contributed by atoms with Gasteiger partial charge in [0.2, 0.25) is 0 Å². The first-order valence-electron chi connectivity index (χ1n) is 7.30. The molecule has 0 amide bonds. The number of aryl methyl sites for hydroxylation is 1. The summed E-state index contributed by atoms with van der Waals surface area (Å²) in [4.78, 5) is 9.01. The van der Waals surface area contributed by atoms with E-state index in [-0.39, 0.29) is 0 Å². The fourth-order valence-electron chi connectivity index (χ4n) is 2.60. The molecule has 0 unspecified atom stereocenters. The smallest absolute Gasteiger partial charge is 0.258 e. The highest BCUT2D eigenvalue weighted by Gasteiger charge is 2.39. The van der Waals surface area contributed by atoms with Crippen molar-refractivity contribution in [2.75, 3.05) is 0 Å². The molecular formula is C16H16N4OS. The normalized spacial score (nSPS) is 16.5. The van der Waals surface area contributed by atoms with Crippen LogP contribution in [0, 0.1) is 6.92 Å². The number of benzene rings is 1. The molecule has 1 saturated carbocycles. The number of hydrogen-bond donors (Lipinski definition) is 1. The Labute approximate surface area is 132 Å². The third kappa shape index (κ3) is 2.24. The Balaban J connectivity index is 1.68. The van der Waals surface area contributed by atoms with Gasteiger partial charge in [0.25, 0.3) is 5.89 Å². The van der Waals surface area contributed by atoms with Crippen molar-refractivity contribution < 1.29 is 4.52 Å². The summed E-state index contributed by atoms with van der Waals surface area (Å²) >= 11 is 1.63. The van der Waals surface area contributed by atoms with E-state index < -0.39 is 5.54 Å². The summed E-state index contributed by atoms with van der Waals surface area (Å²) in [7, 11) is 0. The molecule has 1 aliphatic carbocycles. The van der Waals surface area contributed by atoms with Crippen molar-refractivity contribution in [2.24, 2.45) is 5.73 Å². The molecular weight excluding hydrogens is 296 g/mol. The first-order valence-corrected chi connectivity index (χ1v) is 8.18. The molecule has 112 valence electrons. The molecule has 1 aromatic carbocycles. The van der Waals surface area contributed by atoms with Crippen LogP contribution in [0.15, 0.2) is 34.2 Å². The lowest BCUT2D eigenvalue weighted by Gasteiger charge is -2.34. The number of rotatable bonds is 3. The van der Waals surface area contributed by atoms with Crippen LogP contribution in [0.5, 0.6) is 0 Å². The van der Waals surface area contributed by atoms with Gasteiger partial charge < -0.3 is 10.3 Å². The molecule has 0 atom stereocenters. The van der Waals surface area contributed by atoms with Crippen molar-refractivity contribution >= 4 is 11.3 Å². The van der Waals surface area contributed by atoms with Crippen molar-refractivity contribution in [3.05, 3.63) is 41.2 Å². The van der Waals surface area contributed by atoms with E-state index in [0.29, 0.717) is 11.7 Å². The van der Waals surface area contributed by atoms with Gasteiger partial charge in [-0.25, -0.2) is 4.98 Å². The molecule has 2 aromatic heterocycles. The summed E-state index contributed by atoms with van der Waals surface area (Å²) in [5.41, 5.74) is 8.83. The topological polar surface area (TPSA) is 77.8 Å². The second kappa shape index (κ2) is 5.00. The molecule has 0 bridgehead atoms. The molecule has 22 heavy (non-hydrogen) atoms. The highest BCUT2D eigenvalue weighted by atomic mass is 32.1. The number of nitrogens with zero attached hydrogens (tertiary/aromatic N) is 3. The van der Waals surface area contributed by atoms with Crippen molar-refractivity contribution in [1.82, 2.24) is 15.1 Å². The fraction of sp³-hybridized carbons (Fsp3) is 0.312. The first kappa shape index (κ1) is 13.6. The van der Waals surface area contributed by atoms with Crippen LogP contribution < -0.4 is 5.73 Å². The zero-order chi connectivity index (χ0) is 15.2. The van der Waals surface area contributed by atoms with Crippen LogP contribution in [0.2, 0.25) is 0 Å². The van der Waals surface area contributed by atoms with Crippen LogP contribution in [0.3, 0.4) is 0 Å². The Morgan fingerprint density at radius 3 is 2.73 bits per heavy atom. The lowest BCUT2D eigenvalue weighted by molar-refractivity contribution is 0.229. The predicted molar refractivity (Wildman–Crippen MR) is 85.3 cm³/mol. The standard InChI is InChI=1S/C16H16N4OS/c1-10-9-22-14(18-10)12-5-2-4-11(8-12)13-19-15(20-21-13)16(17)6-3-7-16/h2,4-5,8-9H,3,6-7,17H2,1H3. The molecule has 2 N–H and O–H groups in total. The lowest BCUT2D eigenvalue weighted by atomic mass is 9.77. The summed E-state index contributed by atoms with van der Waals surface area (Å²) in [6.45, 7) is 1.99. The number of hydrogen-bond acceptors (Lipinski definition) is 6. The summed E-state index contributed by atoms with van der Waals surface area (Å²) in [6, 6.07) is 8.01. The van der Waals surface area contributed by atoms with Crippen LogP contribution >= 0.6 is 11.3 Å². The fourth-order valence-corrected chi connectivity index (χ4v) is 3.39. The van der Waals surface area contributed by atoms with Crippen LogP contribution in [-0.4, -0.2) is 15.1 Å². The summed E-state index contributed by atoms with van der Waals surface area (Å²) in [5.74, 6) is 1.13. The Morgan fingerprint density at radius 1 is 1.23 bits per heavy atom. The van der Waals surface area contributed by atoms with E-state index in [2.05, 4.69) is 15.1 Å². The van der Waals surface area contributed by atoms with E-state index in [4.69, 9.17) is 10.3 Å². The van der Waals surface area contributed by atoms with Crippen LogP contribution in [-0.2, 0) is 5.54 Å². The van der Waals surface area contributed by atoms with E-state index in [0.717, 1.165) is 41.1 Å². The molecule has 0 aliphatic heterocycles. The molecule has 1 aliphatic rings. The summed E-state index contributed by atoms with van der Waals surface area (Å²) in [5, 5.41) is 7.11. The molecule has 4 rings (SSSR count). The highest BCUT2D eigenvalue weighted by Crippen LogP contribution is 2.38. The van der Waals surface area contributed by atoms with Gasteiger partial charge >= 0.3 is 0 Å². The summed E-state index contributed by atoms with van der Waals surface area (Å²) < 4.78 is 5.41. The second-order valence-electron chi connectivity index (χ2n) is 5.81. The Hall–Kier alpha value is -2.05. The van der Waals surface area contributed by atoms with Gasteiger partial charge in [-0.3, -0.25) is 0 Å². The molecule has 6 heteroatoms. The van der Waals surface area contributed by atoms with Crippen molar-refractivity contribution in [3.8, 4) is 22.0 Å². The first-order chi connectivity index (χ1) is 10.6. The Bertz CT molecular complexity index is 819. The third-order valence-electron chi connectivity index (χ3n) is 4.09. The zero-order valence-electron chi connectivity index (χ0n) is 12.2. The molecule has 5 nitrogen and oxygen atoms in total. The van der Waals surface area contributed by atoms with Gasteiger partial charge in [0.15, 0.2) is 5.82 Å². The van der Waals surface area contributed by atoms with E-state index >= 15 is 0 Å². The van der Waals surface area contributed by atoms with Crippen LogP contribution in [0.4, 0.5) is 0 Å². The van der Waals surface area contributed by atoms with Gasteiger partial charge in [-0.1, -0.05) is 17.3 Å². The molecule has 2 heterocycles. The summed E-state index contributed by atoms with van der Waals surface area (Å²) in [6.07, 6.45) is 2.97. The van der Waals surface area contributed by atoms with Gasteiger partial charge in [-0.05, 0) is 38.3 Å². The minimum atomic E-state index is -0.397. The maximum Gasteiger partial charge on any atom is 0.258 e. The maximum absolute atomic E-state index is 6.25. The van der Waals surface area contributed by atoms with Crippen molar-refractivity contribution in [2.45, 2.75) is 31.7 Å². The number of aromatic nitrogens is 3. The molecule has 0 saturated heterocycles. The number of nitrogens with two attached hydrogens (primary N) is 1. The predicted octanol–water partition coefficient (Wildman–Crippen LogP) is 3.51. The Morgan fingerprint density at radius 2 is 2.05 bits per heavy atom. The average Bonchev–Trinajstić information content (AvgIpc) is 3.14. The maximum atomic E-state index is 6.25. The highest BCUT2D eigenvalue weighted by molar-refractivity contribution is 7.13. The average molecular weight is 312 g/mol. The molecule has 3 aromatic rings.